The van der Waals surface area contributed by atoms with E-state index in [1.54, 1.807) is 29.2 Å². The third-order valence-corrected chi connectivity index (χ3v) is 9.14. The standard InChI is InChI=1S/C36H33FN8O3/c37-29-7-5-23(20-32-26-3-1-2-4-27(26)34(46)42-41-32)19-28(29)35(47)44-13-11-43(12-14-44)33-22-31(24-6-8-30-25(21-24)9-10-38-30)39-36(40-33)45-15-17-48-18-16-45/h1-10,19,21-22,38H,11-18,20H2,(H,42,46). The third-order valence-electron chi connectivity index (χ3n) is 9.14. The van der Waals surface area contributed by atoms with Crippen molar-refractivity contribution in [1.29, 1.82) is 0 Å². The van der Waals surface area contributed by atoms with E-state index in [4.69, 9.17) is 14.7 Å². The van der Waals surface area contributed by atoms with Crippen LogP contribution < -0.4 is 15.4 Å². The first-order valence-corrected chi connectivity index (χ1v) is 16.1. The van der Waals surface area contributed by atoms with Gasteiger partial charge in [-0.1, -0.05) is 30.3 Å². The summed E-state index contributed by atoms with van der Waals surface area (Å²) in [6.45, 7) is 4.56. The highest BCUT2D eigenvalue weighted by molar-refractivity contribution is 5.95. The lowest BCUT2D eigenvalue weighted by molar-refractivity contribution is 0.0741. The number of benzene rings is 3. The SMILES string of the molecule is O=C(c1cc(Cc2n[nH]c(=O)c3ccccc23)ccc1F)N1CCN(c2cc(-c3ccc4[nH]ccc4c3)nc(N3CCOCC3)n2)CC1. The molecule has 2 fully saturated rings. The number of fused-ring (bicyclic) bond motifs is 2. The zero-order valence-electron chi connectivity index (χ0n) is 26.2. The van der Waals surface area contributed by atoms with E-state index < -0.39 is 5.82 Å². The van der Waals surface area contributed by atoms with Gasteiger partial charge in [-0.2, -0.15) is 10.1 Å². The Hall–Kier alpha value is -5.62. The second kappa shape index (κ2) is 12.5. The van der Waals surface area contributed by atoms with Crippen LogP contribution in [0.5, 0.6) is 0 Å². The van der Waals surface area contributed by atoms with Crippen LogP contribution in [-0.2, 0) is 11.2 Å². The minimum absolute atomic E-state index is 0.0220. The van der Waals surface area contributed by atoms with Crippen LogP contribution in [0.2, 0.25) is 0 Å². The summed E-state index contributed by atoms with van der Waals surface area (Å²) in [5.74, 6) is 0.518. The molecule has 2 aliphatic rings. The quantitative estimate of drug-likeness (QED) is 0.274. The van der Waals surface area contributed by atoms with Crippen LogP contribution in [0, 0.1) is 5.82 Å². The molecule has 3 aromatic heterocycles. The number of nitrogens with zero attached hydrogens (tertiary/aromatic N) is 6. The summed E-state index contributed by atoms with van der Waals surface area (Å²) in [6, 6.07) is 22.1. The number of nitrogens with one attached hydrogen (secondary N) is 2. The predicted molar refractivity (Wildman–Crippen MR) is 182 cm³/mol. The van der Waals surface area contributed by atoms with E-state index in [0.717, 1.165) is 38.9 Å². The van der Waals surface area contributed by atoms with Gasteiger partial charge in [0.05, 0.1) is 35.6 Å². The molecule has 11 nitrogen and oxygen atoms in total. The minimum Gasteiger partial charge on any atom is -0.378 e. The summed E-state index contributed by atoms with van der Waals surface area (Å²) in [4.78, 5) is 45.1. The van der Waals surface area contributed by atoms with E-state index in [1.807, 2.05) is 30.5 Å². The molecule has 0 bridgehead atoms. The number of ether oxygens (including phenoxy) is 1. The van der Waals surface area contributed by atoms with E-state index in [0.29, 0.717) is 75.9 Å². The van der Waals surface area contributed by atoms with Gasteiger partial charge in [0, 0.05) is 79.8 Å². The molecular weight excluding hydrogens is 611 g/mol. The first-order chi connectivity index (χ1) is 23.5. The fourth-order valence-electron chi connectivity index (χ4n) is 6.50. The molecule has 0 radical (unpaired) electrons. The Balaban J connectivity index is 1.02. The second-order valence-corrected chi connectivity index (χ2v) is 12.1. The lowest BCUT2D eigenvalue weighted by Crippen LogP contribution is -2.49. The fraction of sp³-hybridized carbons (Fsp3) is 0.250. The Labute approximate surface area is 275 Å². The van der Waals surface area contributed by atoms with Crippen molar-refractivity contribution in [3.05, 3.63) is 112 Å². The summed E-state index contributed by atoms with van der Waals surface area (Å²) in [5.41, 5.74) is 4.01. The molecule has 8 rings (SSSR count). The topological polar surface area (TPSA) is 123 Å². The molecule has 0 saturated carbocycles. The maximum absolute atomic E-state index is 15.1. The molecule has 0 aliphatic carbocycles. The van der Waals surface area contributed by atoms with Crippen molar-refractivity contribution in [1.82, 2.24) is 30.0 Å². The van der Waals surface area contributed by atoms with Crippen molar-refractivity contribution >= 4 is 39.3 Å². The van der Waals surface area contributed by atoms with Crippen molar-refractivity contribution in [2.75, 3.05) is 62.3 Å². The number of carbonyl (C=O) groups is 1. The van der Waals surface area contributed by atoms with E-state index in [2.05, 4.69) is 43.2 Å². The molecule has 6 aromatic rings. The van der Waals surface area contributed by atoms with Gasteiger partial charge in [0.2, 0.25) is 5.95 Å². The van der Waals surface area contributed by atoms with Crippen LogP contribution in [0.25, 0.3) is 32.9 Å². The Bertz CT molecular complexity index is 2200. The Morgan fingerprint density at radius 2 is 1.67 bits per heavy atom. The predicted octanol–water partition coefficient (Wildman–Crippen LogP) is 4.39. The number of aromatic nitrogens is 5. The van der Waals surface area contributed by atoms with Crippen molar-refractivity contribution in [3.63, 3.8) is 0 Å². The highest BCUT2D eigenvalue weighted by Gasteiger charge is 2.27. The van der Waals surface area contributed by atoms with E-state index in [1.165, 1.54) is 6.07 Å². The smallest absolute Gasteiger partial charge is 0.272 e. The first kappa shape index (κ1) is 29.8. The van der Waals surface area contributed by atoms with Gasteiger partial charge in [-0.15, -0.1) is 0 Å². The lowest BCUT2D eigenvalue weighted by Gasteiger charge is -2.36. The van der Waals surface area contributed by atoms with Gasteiger partial charge in [0.15, 0.2) is 0 Å². The number of amides is 1. The summed E-state index contributed by atoms with van der Waals surface area (Å²) in [7, 11) is 0. The number of H-pyrrole nitrogens is 2. The number of hydrogen-bond acceptors (Lipinski definition) is 8. The number of morpholine rings is 1. The number of carbonyl (C=O) groups excluding carboxylic acids is 1. The lowest BCUT2D eigenvalue weighted by atomic mass is 10.0. The average molecular weight is 645 g/mol. The Morgan fingerprint density at radius 1 is 0.854 bits per heavy atom. The van der Waals surface area contributed by atoms with Crippen molar-refractivity contribution in [3.8, 4) is 11.3 Å². The molecule has 0 atom stereocenters. The highest BCUT2D eigenvalue weighted by Crippen LogP contribution is 2.29. The molecule has 0 spiro atoms. The third kappa shape index (κ3) is 5.75. The van der Waals surface area contributed by atoms with Gasteiger partial charge in [0.1, 0.15) is 11.6 Å². The van der Waals surface area contributed by atoms with E-state index in [-0.39, 0.29) is 17.0 Å². The van der Waals surface area contributed by atoms with E-state index >= 15 is 4.39 Å². The highest BCUT2D eigenvalue weighted by atomic mass is 19.1. The maximum atomic E-state index is 15.1. The molecule has 48 heavy (non-hydrogen) atoms. The minimum atomic E-state index is -0.569. The average Bonchev–Trinajstić information content (AvgIpc) is 3.62. The normalized spacial score (nSPS) is 15.4. The Morgan fingerprint density at radius 3 is 2.50 bits per heavy atom. The molecule has 1 amide bonds. The molecule has 2 aliphatic heterocycles. The summed E-state index contributed by atoms with van der Waals surface area (Å²) >= 11 is 0. The number of piperazine rings is 1. The first-order valence-electron chi connectivity index (χ1n) is 16.1. The van der Waals surface area contributed by atoms with Crippen LogP contribution in [0.3, 0.4) is 0 Å². The van der Waals surface area contributed by atoms with Crippen LogP contribution in [-0.4, -0.2) is 88.4 Å². The summed E-state index contributed by atoms with van der Waals surface area (Å²) in [6.07, 6.45) is 2.26. The van der Waals surface area contributed by atoms with Crippen LogP contribution in [0.1, 0.15) is 21.6 Å². The number of hydrogen-bond donors (Lipinski definition) is 2. The van der Waals surface area contributed by atoms with Gasteiger partial charge < -0.3 is 24.4 Å². The second-order valence-electron chi connectivity index (χ2n) is 12.1. The van der Waals surface area contributed by atoms with Gasteiger partial charge in [-0.25, -0.2) is 14.5 Å². The summed E-state index contributed by atoms with van der Waals surface area (Å²) in [5, 5.41) is 9.15. The van der Waals surface area contributed by atoms with Crippen molar-refractivity contribution in [2.45, 2.75) is 6.42 Å². The van der Waals surface area contributed by atoms with Gasteiger partial charge in [0.25, 0.3) is 11.5 Å². The van der Waals surface area contributed by atoms with Crippen LogP contribution >= 0.6 is 0 Å². The molecule has 3 aromatic carbocycles. The van der Waals surface area contributed by atoms with Crippen molar-refractivity contribution in [2.24, 2.45) is 0 Å². The molecule has 5 heterocycles. The van der Waals surface area contributed by atoms with E-state index in [9.17, 15) is 9.59 Å². The largest absolute Gasteiger partial charge is 0.378 e. The molecule has 0 unspecified atom stereocenters. The number of halogens is 1. The van der Waals surface area contributed by atoms with Crippen LogP contribution in [0.4, 0.5) is 16.2 Å². The maximum Gasteiger partial charge on any atom is 0.272 e. The zero-order chi connectivity index (χ0) is 32.6. The molecular formula is C36H33FN8O3. The molecule has 242 valence electrons. The summed E-state index contributed by atoms with van der Waals surface area (Å²) < 4.78 is 20.7. The molecule has 2 N–H and O–H groups in total. The molecule has 12 heteroatoms. The van der Waals surface area contributed by atoms with Crippen LogP contribution in [0.15, 0.2) is 83.8 Å². The fourth-order valence-corrected chi connectivity index (χ4v) is 6.50. The monoisotopic (exact) mass is 644 g/mol. The number of aromatic amines is 2. The number of rotatable bonds is 6. The number of anilines is 2. The van der Waals surface area contributed by atoms with Gasteiger partial charge in [-0.3, -0.25) is 9.59 Å². The zero-order valence-corrected chi connectivity index (χ0v) is 26.2. The Kier molecular flexibility index (Phi) is 7.77. The van der Waals surface area contributed by atoms with Gasteiger partial charge >= 0.3 is 0 Å². The molecule has 2 saturated heterocycles. The van der Waals surface area contributed by atoms with Gasteiger partial charge in [-0.05, 0) is 42.0 Å². The van der Waals surface area contributed by atoms with Crippen molar-refractivity contribution < 1.29 is 13.9 Å².